The summed E-state index contributed by atoms with van der Waals surface area (Å²) in [6, 6.07) is 22.0. The van der Waals surface area contributed by atoms with E-state index in [1.165, 1.54) is 5.56 Å². The summed E-state index contributed by atoms with van der Waals surface area (Å²) in [5.74, 6) is 1.76. The Kier molecular flexibility index (Phi) is 5.79. The van der Waals surface area contributed by atoms with Crippen LogP contribution in [-0.4, -0.2) is 9.55 Å². The van der Waals surface area contributed by atoms with E-state index in [9.17, 15) is 0 Å². The number of halogens is 2. The molecule has 3 aromatic carbocycles. The first-order valence-corrected chi connectivity index (χ1v) is 10.4. The fraction of sp³-hybridized carbons (Fsp3) is 0.208. The lowest BCUT2D eigenvalue weighted by Crippen LogP contribution is -2.15. The summed E-state index contributed by atoms with van der Waals surface area (Å²) in [4.78, 5) is 4.92. The van der Waals surface area contributed by atoms with Crippen molar-refractivity contribution in [3.63, 3.8) is 0 Å². The zero-order valence-corrected chi connectivity index (χ0v) is 17.9. The van der Waals surface area contributed by atoms with Gasteiger partial charge in [-0.2, -0.15) is 0 Å². The van der Waals surface area contributed by atoms with Crippen LogP contribution in [0, 0.1) is 6.92 Å². The fourth-order valence-corrected chi connectivity index (χ4v) is 3.82. The molecule has 0 aliphatic carbocycles. The maximum atomic E-state index is 6.35. The highest BCUT2D eigenvalue weighted by molar-refractivity contribution is 6.42. The van der Waals surface area contributed by atoms with Crippen LogP contribution in [0.25, 0.3) is 11.0 Å². The van der Waals surface area contributed by atoms with Gasteiger partial charge in [0.05, 0.1) is 21.1 Å². The monoisotopic (exact) mass is 424 g/mol. The molecule has 0 radical (unpaired) electrons. The Bertz CT molecular complexity index is 1150. The molecule has 0 aliphatic heterocycles. The van der Waals surface area contributed by atoms with Gasteiger partial charge in [0.1, 0.15) is 5.75 Å². The zero-order chi connectivity index (χ0) is 20.4. The summed E-state index contributed by atoms with van der Waals surface area (Å²) in [6.07, 6.45) is 0.644. The fourth-order valence-electron chi connectivity index (χ4n) is 3.50. The summed E-state index contributed by atoms with van der Waals surface area (Å²) < 4.78 is 8.56. The van der Waals surface area contributed by atoms with Crippen molar-refractivity contribution in [3.8, 4) is 5.75 Å². The van der Waals surface area contributed by atoms with E-state index in [0.717, 1.165) is 34.6 Å². The van der Waals surface area contributed by atoms with E-state index in [1.54, 1.807) is 0 Å². The molecule has 0 bridgehead atoms. The average Bonchev–Trinajstić information content (AvgIpc) is 3.07. The molecule has 0 amide bonds. The second-order valence-electron chi connectivity index (χ2n) is 7.12. The van der Waals surface area contributed by atoms with Crippen LogP contribution in [0.15, 0.2) is 66.7 Å². The predicted octanol–water partition coefficient (Wildman–Crippen LogP) is 7.23. The Labute approximate surface area is 180 Å². The van der Waals surface area contributed by atoms with Gasteiger partial charge in [-0.25, -0.2) is 4.98 Å². The third-order valence-electron chi connectivity index (χ3n) is 4.94. The number of ether oxygens (including phenoxy) is 1. The SMILES string of the molecule is CCC(Oc1cccc(C)c1)c1nc2ccccc2n1Cc1ccc(Cl)c(Cl)c1. The summed E-state index contributed by atoms with van der Waals surface area (Å²) in [7, 11) is 0. The molecule has 29 heavy (non-hydrogen) atoms. The number of aromatic nitrogens is 2. The Hall–Kier alpha value is -2.49. The lowest BCUT2D eigenvalue weighted by Gasteiger charge is -2.19. The highest BCUT2D eigenvalue weighted by atomic mass is 35.5. The molecule has 0 fully saturated rings. The molecule has 5 heteroatoms. The number of hydrogen-bond acceptors (Lipinski definition) is 2. The Morgan fingerprint density at radius 1 is 0.966 bits per heavy atom. The van der Waals surface area contributed by atoms with Crippen LogP contribution in [0.2, 0.25) is 10.0 Å². The molecule has 4 aromatic rings. The van der Waals surface area contributed by atoms with Crippen LogP contribution < -0.4 is 4.74 Å². The Morgan fingerprint density at radius 2 is 1.79 bits per heavy atom. The lowest BCUT2D eigenvalue weighted by molar-refractivity contribution is 0.187. The van der Waals surface area contributed by atoms with Crippen molar-refractivity contribution in [2.24, 2.45) is 0 Å². The minimum Gasteiger partial charge on any atom is -0.483 e. The molecule has 1 heterocycles. The molecule has 148 valence electrons. The molecule has 1 atom stereocenters. The number of aryl methyl sites for hydroxylation is 1. The second-order valence-corrected chi connectivity index (χ2v) is 7.94. The van der Waals surface area contributed by atoms with Crippen LogP contribution in [0.1, 0.15) is 36.4 Å². The highest BCUT2D eigenvalue weighted by Crippen LogP contribution is 2.30. The molecule has 0 N–H and O–H groups in total. The largest absolute Gasteiger partial charge is 0.483 e. The van der Waals surface area contributed by atoms with E-state index in [4.69, 9.17) is 32.9 Å². The molecule has 0 saturated carbocycles. The first kappa shape index (κ1) is 19.8. The van der Waals surface area contributed by atoms with Crippen LogP contribution in [0.5, 0.6) is 5.75 Å². The van der Waals surface area contributed by atoms with Gasteiger partial charge in [0, 0.05) is 6.54 Å². The van der Waals surface area contributed by atoms with Gasteiger partial charge in [0.25, 0.3) is 0 Å². The first-order valence-electron chi connectivity index (χ1n) is 9.67. The van der Waals surface area contributed by atoms with E-state index in [0.29, 0.717) is 16.6 Å². The zero-order valence-electron chi connectivity index (χ0n) is 16.4. The molecule has 1 unspecified atom stereocenters. The number of rotatable bonds is 6. The molecule has 3 nitrogen and oxygen atoms in total. The van der Waals surface area contributed by atoms with Crippen molar-refractivity contribution in [3.05, 3.63) is 93.7 Å². The van der Waals surface area contributed by atoms with Crippen molar-refractivity contribution in [1.82, 2.24) is 9.55 Å². The van der Waals surface area contributed by atoms with E-state index < -0.39 is 0 Å². The molecule has 0 aliphatic rings. The van der Waals surface area contributed by atoms with Crippen molar-refractivity contribution in [2.45, 2.75) is 32.9 Å². The third-order valence-corrected chi connectivity index (χ3v) is 5.67. The highest BCUT2D eigenvalue weighted by Gasteiger charge is 2.21. The van der Waals surface area contributed by atoms with Crippen molar-refractivity contribution in [2.75, 3.05) is 0 Å². The minimum absolute atomic E-state index is 0.160. The molecular weight excluding hydrogens is 403 g/mol. The number of nitrogens with zero attached hydrogens (tertiary/aromatic N) is 2. The predicted molar refractivity (Wildman–Crippen MR) is 120 cm³/mol. The van der Waals surface area contributed by atoms with Crippen LogP contribution >= 0.6 is 23.2 Å². The summed E-state index contributed by atoms with van der Waals surface area (Å²) in [6.45, 7) is 4.82. The summed E-state index contributed by atoms with van der Waals surface area (Å²) in [5.41, 5.74) is 4.25. The van der Waals surface area contributed by atoms with Crippen LogP contribution in [0.3, 0.4) is 0 Å². The smallest absolute Gasteiger partial charge is 0.156 e. The summed E-state index contributed by atoms with van der Waals surface area (Å²) >= 11 is 12.3. The molecular formula is C24H22Cl2N2O. The Morgan fingerprint density at radius 3 is 2.55 bits per heavy atom. The molecule has 0 spiro atoms. The number of hydrogen-bond donors (Lipinski definition) is 0. The van der Waals surface area contributed by atoms with E-state index in [-0.39, 0.29) is 6.10 Å². The van der Waals surface area contributed by atoms with Crippen LogP contribution in [0.4, 0.5) is 0 Å². The second kappa shape index (κ2) is 8.48. The van der Waals surface area contributed by atoms with Crippen molar-refractivity contribution in [1.29, 1.82) is 0 Å². The number of fused-ring (bicyclic) bond motifs is 1. The van der Waals surface area contributed by atoms with Gasteiger partial charge in [0.2, 0.25) is 0 Å². The van der Waals surface area contributed by atoms with Gasteiger partial charge in [-0.05, 0) is 60.9 Å². The van der Waals surface area contributed by atoms with E-state index in [2.05, 4.69) is 36.6 Å². The lowest BCUT2D eigenvalue weighted by atomic mass is 10.2. The number of para-hydroxylation sites is 2. The normalized spacial score (nSPS) is 12.3. The van der Waals surface area contributed by atoms with Crippen LogP contribution in [-0.2, 0) is 6.54 Å². The van der Waals surface area contributed by atoms with Gasteiger partial charge in [-0.15, -0.1) is 0 Å². The van der Waals surface area contributed by atoms with Gasteiger partial charge < -0.3 is 9.30 Å². The van der Waals surface area contributed by atoms with Gasteiger partial charge >= 0.3 is 0 Å². The third kappa shape index (κ3) is 4.26. The quantitative estimate of drug-likeness (QED) is 0.326. The number of benzene rings is 3. The maximum absolute atomic E-state index is 6.35. The van der Waals surface area contributed by atoms with E-state index in [1.807, 2.05) is 48.5 Å². The summed E-state index contributed by atoms with van der Waals surface area (Å²) in [5, 5.41) is 1.11. The maximum Gasteiger partial charge on any atom is 0.156 e. The van der Waals surface area contributed by atoms with Gasteiger partial charge in [0.15, 0.2) is 11.9 Å². The average molecular weight is 425 g/mol. The topological polar surface area (TPSA) is 27.1 Å². The first-order chi connectivity index (χ1) is 14.0. The minimum atomic E-state index is -0.160. The Balaban J connectivity index is 1.76. The molecule has 1 aromatic heterocycles. The van der Waals surface area contributed by atoms with Gasteiger partial charge in [-0.1, -0.05) is 60.5 Å². The van der Waals surface area contributed by atoms with E-state index >= 15 is 0 Å². The standard InChI is InChI=1S/C24H22Cl2N2O/c1-3-23(29-18-8-6-7-16(2)13-18)24-27-21-9-4-5-10-22(21)28(24)15-17-11-12-19(25)20(26)14-17/h4-14,23H,3,15H2,1-2H3. The van der Waals surface area contributed by atoms with Crippen molar-refractivity contribution >= 4 is 34.2 Å². The molecule has 0 saturated heterocycles. The molecule has 4 rings (SSSR count). The van der Waals surface area contributed by atoms with Crippen molar-refractivity contribution < 1.29 is 4.74 Å². The number of imidazole rings is 1. The van der Waals surface area contributed by atoms with Gasteiger partial charge in [-0.3, -0.25) is 0 Å².